The molecule has 0 aliphatic carbocycles. The van der Waals surface area contributed by atoms with Crippen LogP contribution in [0.2, 0.25) is 10.0 Å². The van der Waals surface area contributed by atoms with Gasteiger partial charge in [-0.2, -0.15) is 0 Å². The van der Waals surface area contributed by atoms with E-state index in [1.165, 1.54) is 12.1 Å². The molecule has 0 saturated carbocycles. The molecule has 0 aromatic heterocycles. The summed E-state index contributed by atoms with van der Waals surface area (Å²) in [5.41, 5.74) is -0.616. The van der Waals surface area contributed by atoms with Gasteiger partial charge in [-0.3, -0.25) is 4.79 Å². The molecule has 1 aromatic carbocycles. The first-order valence-corrected chi connectivity index (χ1v) is 5.93. The number of amides is 1. The summed E-state index contributed by atoms with van der Waals surface area (Å²) in [6.45, 7) is 5.18. The minimum absolute atomic E-state index is 0.0763. The number of carboxylic acid groups (broad SMARTS) is 1. The summed E-state index contributed by atoms with van der Waals surface area (Å²) in [7, 11) is 0. The molecular weight excluding hydrogens is 277 g/mol. The van der Waals surface area contributed by atoms with E-state index in [-0.39, 0.29) is 27.2 Å². The number of nitrogens with one attached hydrogen (secondary N) is 1. The number of benzene rings is 1. The summed E-state index contributed by atoms with van der Waals surface area (Å²) in [5.74, 6) is -1.48. The molecule has 1 amide bonds. The van der Waals surface area contributed by atoms with Crippen molar-refractivity contribution in [1.29, 1.82) is 0 Å². The highest BCUT2D eigenvalue weighted by molar-refractivity contribution is 6.41. The molecule has 2 N–H and O–H groups in total. The molecule has 6 heteroatoms. The average Bonchev–Trinajstić information content (AvgIpc) is 2.21. The number of aromatic carboxylic acids is 1. The van der Waals surface area contributed by atoms with Crippen molar-refractivity contribution in [3.63, 3.8) is 0 Å². The molecule has 4 nitrogen and oxygen atoms in total. The monoisotopic (exact) mass is 289 g/mol. The molecule has 0 aliphatic heterocycles. The Kier molecular flexibility index (Phi) is 4.24. The van der Waals surface area contributed by atoms with Crippen molar-refractivity contribution in [2.24, 2.45) is 5.41 Å². The number of rotatable bonds is 2. The Morgan fingerprint density at radius 2 is 1.78 bits per heavy atom. The SMILES string of the molecule is CC(C)(C)C(=O)Nc1c(Cl)ccc(C(=O)O)c1Cl. The molecule has 1 rings (SSSR count). The number of carboxylic acids is 1. The number of halogens is 2. The van der Waals surface area contributed by atoms with Crippen molar-refractivity contribution in [2.75, 3.05) is 5.32 Å². The molecule has 0 spiro atoms. The van der Waals surface area contributed by atoms with Crippen LogP contribution in [-0.2, 0) is 4.79 Å². The van der Waals surface area contributed by atoms with E-state index in [2.05, 4.69) is 5.32 Å². The lowest BCUT2D eigenvalue weighted by Crippen LogP contribution is -2.28. The van der Waals surface area contributed by atoms with Crippen LogP contribution in [0.5, 0.6) is 0 Å². The van der Waals surface area contributed by atoms with Gasteiger partial charge in [-0.25, -0.2) is 4.79 Å². The normalized spacial score (nSPS) is 11.2. The van der Waals surface area contributed by atoms with E-state index in [0.717, 1.165) is 0 Å². The maximum atomic E-state index is 11.8. The van der Waals surface area contributed by atoms with Crippen LogP contribution in [0.3, 0.4) is 0 Å². The van der Waals surface area contributed by atoms with Crippen LogP contribution >= 0.6 is 23.2 Å². The zero-order chi connectivity index (χ0) is 14.1. The van der Waals surface area contributed by atoms with Crippen LogP contribution in [0.1, 0.15) is 31.1 Å². The number of hydrogen-bond acceptors (Lipinski definition) is 2. The van der Waals surface area contributed by atoms with Crippen molar-refractivity contribution < 1.29 is 14.7 Å². The summed E-state index contributed by atoms with van der Waals surface area (Å²) in [5, 5.41) is 11.6. The molecule has 18 heavy (non-hydrogen) atoms. The molecule has 0 unspecified atom stereocenters. The Hall–Kier alpha value is -1.26. The Balaban J connectivity index is 3.21. The average molecular weight is 290 g/mol. The van der Waals surface area contributed by atoms with E-state index in [1.807, 2.05) is 0 Å². The fraction of sp³-hybridized carbons (Fsp3) is 0.333. The predicted octanol–water partition coefficient (Wildman–Crippen LogP) is 3.68. The molecule has 0 saturated heterocycles. The second-order valence-corrected chi connectivity index (χ2v) is 5.58. The lowest BCUT2D eigenvalue weighted by atomic mass is 9.95. The fourth-order valence-corrected chi connectivity index (χ4v) is 1.68. The van der Waals surface area contributed by atoms with Crippen LogP contribution in [0, 0.1) is 5.41 Å². The third-order valence-electron chi connectivity index (χ3n) is 2.24. The van der Waals surface area contributed by atoms with Gasteiger partial charge in [0.15, 0.2) is 0 Å². The van der Waals surface area contributed by atoms with Crippen molar-refractivity contribution in [1.82, 2.24) is 0 Å². The van der Waals surface area contributed by atoms with Crippen LogP contribution in [-0.4, -0.2) is 17.0 Å². The van der Waals surface area contributed by atoms with Crippen LogP contribution < -0.4 is 5.32 Å². The summed E-state index contributed by atoms with van der Waals surface area (Å²) >= 11 is 11.8. The van der Waals surface area contributed by atoms with Crippen molar-refractivity contribution >= 4 is 40.8 Å². The number of carbonyl (C=O) groups is 2. The van der Waals surface area contributed by atoms with Gasteiger partial charge < -0.3 is 10.4 Å². The van der Waals surface area contributed by atoms with E-state index in [0.29, 0.717) is 0 Å². The van der Waals surface area contributed by atoms with Crippen molar-refractivity contribution in [3.05, 3.63) is 27.7 Å². The highest BCUT2D eigenvalue weighted by Crippen LogP contribution is 2.34. The minimum atomic E-state index is -1.18. The van der Waals surface area contributed by atoms with Crippen LogP contribution in [0.4, 0.5) is 5.69 Å². The molecule has 98 valence electrons. The molecule has 0 aliphatic rings. The minimum Gasteiger partial charge on any atom is -0.478 e. The van der Waals surface area contributed by atoms with Gasteiger partial charge in [0.1, 0.15) is 0 Å². The first kappa shape index (κ1) is 14.8. The second-order valence-electron chi connectivity index (χ2n) is 4.79. The van der Waals surface area contributed by atoms with Gasteiger partial charge in [0.25, 0.3) is 0 Å². The maximum absolute atomic E-state index is 11.8. The number of carbonyl (C=O) groups excluding carboxylic acids is 1. The Bertz CT molecular complexity index is 507. The van der Waals surface area contributed by atoms with Gasteiger partial charge in [-0.15, -0.1) is 0 Å². The highest BCUT2D eigenvalue weighted by atomic mass is 35.5. The fourth-order valence-electron chi connectivity index (χ4n) is 1.13. The summed E-state index contributed by atoms with van der Waals surface area (Å²) in [6, 6.07) is 2.68. The molecule has 1 aromatic rings. The van der Waals surface area contributed by atoms with E-state index in [1.54, 1.807) is 20.8 Å². The molecule has 0 bridgehead atoms. The zero-order valence-electron chi connectivity index (χ0n) is 10.2. The van der Waals surface area contributed by atoms with E-state index in [4.69, 9.17) is 28.3 Å². The number of hydrogen-bond donors (Lipinski definition) is 2. The third kappa shape index (κ3) is 3.15. The smallest absolute Gasteiger partial charge is 0.337 e. The zero-order valence-corrected chi connectivity index (χ0v) is 11.7. The van der Waals surface area contributed by atoms with Crippen LogP contribution in [0.15, 0.2) is 12.1 Å². The Labute approximate surface area is 115 Å². The topological polar surface area (TPSA) is 66.4 Å². The quantitative estimate of drug-likeness (QED) is 0.873. The van der Waals surface area contributed by atoms with E-state index in [9.17, 15) is 9.59 Å². The summed E-state index contributed by atoms with van der Waals surface area (Å²) in [6.07, 6.45) is 0. The first-order valence-electron chi connectivity index (χ1n) is 5.17. The van der Waals surface area contributed by atoms with Gasteiger partial charge in [-0.05, 0) is 12.1 Å². The molecular formula is C12H13Cl2NO3. The molecule has 0 fully saturated rings. The molecule has 0 heterocycles. The second kappa shape index (κ2) is 5.16. The summed E-state index contributed by atoms with van der Waals surface area (Å²) in [4.78, 5) is 22.8. The van der Waals surface area contributed by atoms with Gasteiger partial charge in [0.05, 0.1) is 21.3 Å². The van der Waals surface area contributed by atoms with Gasteiger partial charge in [0.2, 0.25) is 5.91 Å². The predicted molar refractivity (Wildman–Crippen MR) is 71.5 cm³/mol. The number of anilines is 1. The summed E-state index contributed by atoms with van der Waals surface area (Å²) < 4.78 is 0. The van der Waals surface area contributed by atoms with Gasteiger partial charge >= 0.3 is 5.97 Å². The standard InChI is InChI=1S/C12H13Cl2NO3/c1-12(2,3)11(18)15-9-7(13)5-4-6(8(9)14)10(16)17/h4-5H,1-3H3,(H,15,18)(H,16,17). The largest absolute Gasteiger partial charge is 0.478 e. The van der Waals surface area contributed by atoms with E-state index < -0.39 is 11.4 Å². The lowest BCUT2D eigenvalue weighted by molar-refractivity contribution is -0.123. The molecule has 0 radical (unpaired) electrons. The van der Waals surface area contributed by atoms with E-state index >= 15 is 0 Å². The van der Waals surface area contributed by atoms with Crippen molar-refractivity contribution in [2.45, 2.75) is 20.8 Å². The lowest BCUT2D eigenvalue weighted by Gasteiger charge is -2.19. The van der Waals surface area contributed by atoms with Crippen molar-refractivity contribution in [3.8, 4) is 0 Å². The molecule has 0 atom stereocenters. The first-order chi connectivity index (χ1) is 8.14. The third-order valence-corrected chi connectivity index (χ3v) is 2.95. The van der Waals surface area contributed by atoms with Gasteiger partial charge in [0, 0.05) is 5.41 Å². The Morgan fingerprint density at radius 3 is 2.22 bits per heavy atom. The maximum Gasteiger partial charge on any atom is 0.337 e. The Morgan fingerprint density at radius 1 is 1.22 bits per heavy atom. The highest BCUT2D eigenvalue weighted by Gasteiger charge is 2.24. The van der Waals surface area contributed by atoms with Gasteiger partial charge in [-0.1, -0.05) is 44.0 Å². The van der Waals surface area contributed by atoms with Crippen LogP contribution in [0.25, 0.3) is 0 Å².